The van der Waals surface area contributed by atoms with Crippen LogP contribution in [0.2, 0.25) is 0 Å². The average molecular weight is 346 g/mol. The Morgan fingerprint density at radius 3 is 1.81 bits per heavy atom. The van der Waals surface area contributed by atoms with E-state index in [1.807, 2.05) is 98.8 Å². The van der Waals surface area contributed by atoms with Crippen LogP contribution in [-0.4, -0.2) is 10.2 Å². The van der Waals surface area contributed by atoms with Gasteiger partial charge in [-0.1, -0.05) is 84.9 Å². The number of aliphatic hydroxyl groups is 2. The molecule has 0 aliphatic heterocycles. The smallest absolute Gasteiger partial charge is 0.112 e. The van der Waals surface area contributed by atoms with E-state index in [0.29, 0.717) is 6.42 Å². The summed E-state index contributed by atoms with van der Waals surface area (Å²) in [5.41, 5.74) is 1.84. The van der Waals surface area contributed by atoms with Crippen molar-refractivity contribution in [2.24, 2.45) is 0 Å². The second-order valence-corrected chi connectivity index (χ2v) is 7.28. The molecule has 0 amide bonds. The maximum absolute atomic E-state index is 11.0. The van der Waals surface area contributed by atoms with E-state index in [9.17, 15) is 10.2 Å². The van der Waals surface area contributed by atoms with E-state index in [1.54, 1.807) is 0 Å². The molecule has 0 bridgehead atoms. The first-order valence-electron chi connectivity index (χ1n) is 9.05. The van der Waals surface area contributed by atoms with Crippen molar-refractivity contribution >= 4 is 0 Å². The largest absolute Gasteiger partial charge is 0.385 e. The first kappa shape index (κ1) is 18.4. The fourth-order valence-corrected chi connectivity index (χ4v) is 3.29. The highest BCUT2D eigenvalue weighted by Gasteiger charge is 2.26. The van der Waals surface area contributed by atoms with Crippen molar-refractivity contribution in [3.05, 3.63) is 107 Å². The van der Waals surface area contributed by atoms with Gasteiger partial charge in [-0.3, -0.25) is 0 Å². The molecule has 0 radical (unpaired) electrons. The first-order valence-corrected chi connectivity index (χ1v) is 9.05. The Bertz CT molecular complexity index is 836. The molecule has 134 valence electrons. The van der Waals surface area contributed by atoms with Gasteiger partial charge in [0, 0.05) is 0 Å². The lowest BCUT2D eigenvalue weighted by molar-refractivity contribution is 0.0480. The molecule has 0 saturated heterocycles. The molecular weight excluding hydrogens is 320 g/mol. The number of aryl methyl sites for hydroxylation is 1. The van der Waals surface area contributed by atoms with Crippen molar-refractivity contribution in [1.82, 2.24) is 0 Å². The molecule has 2 N–H and O–H groups in total. The van der Waals surface area contributed by atoms with Gasteiger partial charge in [-0.15, -0.1) is 0 Å². The number of hydrogen-bond acceptors (Lipinski definition) is 2. The molecule has 2 nitrogen and oxygen atoms in total. The summed E-state index contributed by atoms with van der Waals surface area (Å²) in [6.45, 7) is 3.67. The summed E-state index contributed by atoms with van der Waals surface area (Å²) in [5.74, 6) is 0. The van der Waals surface area contributed by atoms with E-state index in [4.69, 9.17) is 0 Å². The third-order valence-electron chi connectivity index (χ3n) is 5.12. The van der Waals surface area contributed by atoms with Gasteiger partial charge in [-0.25, -0.2) is 0 Å². The van der Waals surface area contributed by atoms with Crippen LogP contribution in [0.5, 0.6) is 0 Å². The summed E-state index contributed by atoms with van der Waals surface area (Å²) in [6.07, 6.45) is 1.36. The lowest BCUT2D eigenvalue weighted by atomic mass is 9.85. The minimum absolute atomic E-state index is 0.619. The summed E-state index contributed by atoms with van der Waals surface area (Å²) in [6, 6.07) is 27.5. The molecule has 2 atom stereocenters. The van der Waals surface area contributed by atoms with Gasteiger partial charge in [0.1, 0.15) is 5.60 Å². The lowest BCUT2D eigenvalue weighted by Gasteiger charge is -2.26. The Morgan fingerprint density at radius 1 is 0.654 bits per heavy atom. The molecule has 2 heteroatoms. The molecule has 3 rings (SSSR count). The van der Waals surface area contributed by atoms with Crippen molar-refractivity contribution in [1.29, 1.82) is 0 Å². The zero-order valence-corrected chi connectivity index (χ0v) is 15.4. The van der Waals surface area contributed by atoms with E-state index >= 15 is 0 Å². The van der Waals surface area contributed by atoms with E-state index in [-0.39, 0.29) is 0 Å². The SMILES string of the molecule is CC(O)(CCc1cccc(C(C)(O)c2ccccc2)c1)c1ccccc1. The summed E-state index contributed by atoms with van der Waals surface area (Å²) in [5, 5.41) is 21.8. The fourth-order valence-electron chi connectivity index (χ4n) is 3.29. The predicted molar refractivity (Wildman–Crippen MR) is 106 cm³/mol. The normalized spacial score (nSPS) is 15.8. The maximum atomic E-state index is 11.0. The van der Waals surface area contributed by atoms with Crippen molar-refractivity contribution in [2.45, 2.75) is 37.9 Å². The van der Waals surface area contributed by atoms with Crippen LogP contribution in [0, 0.1) is 0 Å². The Kier molecular flexibility index (Phi) is 5.26. The molecule has 0 heterocycles. The quantitative estimate of drug-likeness (QED) is 0.674. The van der Waals surface area contributed by atoms with Crippen molar-refractivity contribution in [3.8, 4) is 0 Å². The molecule has 0 aromatic heterocycles. The monoisotopic (exact) mass is 346 g/mol. The molecule has 0 spiro atoms. The van der Waals surface area contributed by atoms with Crippen LogP contribution in [0.1, 0.15) is 42.5 Å². The molecule has 0 aliphatic carbocycles. The van der Waals surface area contributed by atoms with Gasteiger partial charge in [-0.2, -0.15) is 0 Å². The summed E-state index contributed by atoms with van der Waals surface area (Å²) < 4.78 is 0. The molecular formula is C24H26O2. The highest BCUT2D eigenvalue weighted by atomic mass is 16.3. The zero-order chi connectivity index (χ0) is 18.6. The Morgan fingerprint density at radius 2 is 1.19 bits per heavy atom. The highest BCUT2D eigenvalue weighted by Crippen LogP contribution is 2.31. The Hall–Kier alpha value is -2.42. The average Bonchev–Trinajstić information content (AvgIpc) is 2.68. The van der Waals surface area contributed by atoms with Crippen LogP contribution in [0.25, 0.3) is 0 Å². The van der Waals surface area contributed by atoms with Crippen molar-refractivity contribution in [2.75, 3.05) is 0 Å². The highest BCUT2D eigenvalue weighted by molar-refractivity contribution is 5.37. The second-order valence-electron chi connectivity index (χ2n) is 7.28. The summed E-state index contributed by atoms with van der Waals surface area (Å²) >= 11 is 0. The van der Waals surface area contributed by atoms with E-state index in [1.165, 1.54) is 0 Å². The van der Waals surface area contributed by atoms with Crippen LogP contribution < -0.4 is 0 Å². The van der Waals surface area contributed by atoms with Crippen LogP contribution in [0.3, 0.4) is 0 Å². The van der Waals surface area contributed by atoms with E-state index in [2.05, 4.69) is 0 Å². The molecule has 2 unspecified atom stereocenters. The van der Waals surface area contributed by atoms with Crippen LogP contribution in [0.4, 0.5) is 0 Å². The van der Waals surface area contributed by atoms with Crippen molar-refractivity contribution in [3.63, 3.8) is 0 Å². The van der Waals surface area contributed by atoms with Gasteiger partial charge in [0.15, 0.2) is 0 Å². The van der Waals surface area contributed by atoms with Gasteiger partial charge in [0.2, 0.25) is 0 Å². The maximum Gasteiger partial charge on any atom is 0.112 e. The second kappa shape index (κ2) is 7.45. The van der Waals surface area contributed by atoms with Crippen LogP contribution in [0.15, 0.2) is 84.9 Å². The minimum Gasteiger partial charge on any atom is -0.385 e. The lowest BCUT2D eigenvalue weighted by Crippen LogP contribution is -2.23. The number of hydrogen-bond donors (Lipinski definition) is 2. The molecule has 0 fully saturated rings. The summed E-state index contributed by atoms with van der Waals surface area (Å²) in [4.78, 5) is 0. The molecule has 26 heavy (non-hydrogen) atoms. The molecule has 3 aromatic rings. The molecule has 0 saturated carbocycles. The predicted octanol–water partition coefficient (Wildman–Crippen LogP) is 4.78. The van der Waals surface area contributed by atoms with Gasteiger partial charge >= 0.3 is 0 Å². The third kappa shape index (κ3) is 4.04. The van der Waals surface area contributed by atoms with Gasteiger partial charge < -0.3 is 10.2 Å². The van der Waals surface area contributed by atoms with Gasteiger partial charge in [-0.05, 0) is 48.9 Å². The van der Waals surface area contributed by atoms with Gasteiger partial charge in [0.25, 0.3) is 0 Å². The third-order valence-corrected chi connectivity index (χ3v) is 5.12. The number of rotatable bonds is 6. The van der Waals surface area contributed by atoms with Crippen molar-refractivity contribution < 1.29 is 10.2 Å². The molecule has 3 aromatic carbocycles. The Balaban J connectivity index is 1.78. The standard InChI is InChI=1S/C24H26O2/c1-23(25,20-11-5-3-6-12-20)17-16-19-10-9-15-22(18-19)24(2,26)21-13-7-4-8-14-21/h3-15,18,25-26H,16-17H2,1-2H3. The summed E-state index contributed by atoms with van der Waals surface area (Å²) in [7, 11) is 0. The molecule has 0 aliphatic rings. The fraction of sp³-hybridized carbons (Fsp3) is 0.250. The zero-order valence-electron chi connectivity index (χ0n) is 15.4. The first-order chi connectivity index (χ1) is 12.4. The van der Waals surface area contributed by atoms with Crippen LogP contribution in [-0.2, 0) is 17.6 Å². The van der Waals surface area contributed by atoms with E-state index in [0.717, 1.165) is 28.7 Å². The topological polar surface area (TPSA) is 40.5 Å². The number of benzene rings is 3. The Labute approximate surface area is 155 Å². The van der Waals surface area contributed by atoms with E-state index < -0.39 is 11.2 Å². The minimum atomic E-state index is -1.04. The van der Waals surface area contributed by atoms with Gasteiger partial charge in [0.05, 0.1) is 5.60 Å². The van der Waals surface area contributed by atoms with Crippen LogP contribution >= 0.6 is 0 Å².